The lowest BCUT2D eigenvalue weighted by Gasteiger charge is -2.19. The van der Waals surface area contributed by atoms with Crippen LogP contribution in [0.3, 0.4) is 0 Å². The molecule has 1 fully saturated rings. The Hall–Kier alpha value is -2.92. The van der Waals surface area contributed by atoms with Gasteiger partial charge in [-0.25, -0.2) is 0 Å². The molecule has 2 atom stereocenters. The third-order valence-corrected chi connectivity index (χ3v) is 5.81. The molecule has 4 rings (SSSR count). The summed E-state index contributed by atoms with van der Waals surface area (Å²) in [4.78, 5) is 26.8. The van der Waals surface area contributed by atoms with Crippen LogP contribution in [0.1, 0.15) is 28.2 Å². The van der Waals surface area contributed by atoms with Crippen LogP contribution >= 0.6 is 0 Å². The minimum Gasteiger partial charge on any atom is -0.376 e. The van der Waals surface area contributed by atoms with Gasteiger partial charge >= 0.3 is 0 Å². The molecular formula is C24H26N2O3. The summed E-state index contributed by atoms with van der Waals surface area (Å²) in [6.07, 6.45) is 2.57. The number of hydrogen-bond donors (Lipinski definition) is 1. The Balaban J connectivity index is 1.48. The number of amides is 2. The summed E-state index contributed by atoms with van der Waals surface area (Å²) < 4.78 is 5.54. The minimum atomic E-state index is -0.208. The van der Waals surface area contributed by atoms with Crippen molar-refractivity contribution in [3.8, 4) is 0 Å². The van der Waals surface area contributed by atoms with E-state index in [2.05, 4.69) is 36.2 Å². The number of likely N-dealkylation sites (tertiary alicyclic amines) is 1. The molecule has 0 aromatic heterocycles. The average Bonchev–Trinajstić information content (AvgIpc) is 3.18. The molecule has 0 spiro atoms. The Bertz CT molecular complexity index is 910. The van der Waals surface area contributed by atoms with E-state index < -0.39 is 0 Å². The van der Waals surface area contributed by atoms with Gasteiger partial charge in [-0.2, -0.15) is 0 Å². The highest BCUT2D eigenvalue weighted by Gasteiger charge is 2.36. The van der Waals surface area contributed by atoms with E-state index in [4.69, 9.17) is 4.74 Å². The second-order valence-corrected chi connectivity index (χ2v) is 7.72. The van der Waals surface area contributed by atoms with Crippen molar-refractivity contribution < 1.29 is 14.3 Å². The molecule has 2 heterocycles. The third kappa shape index (κ3) is 4.40. The number of benzene rings is 2. The van der Waals surface area contributed by atoms with E-state index in [1.54, 1.807) is 0 Å². The molecule has 1 saturated heterocycles. The van der Waals surface area contributed by atoms with Crippen molar-refractivity contribution >= 4 is 11.8 Å². The fourth-order valence-electron chi connectivity index (χ4n) is 4.25. The topological polar surface area (TPSA) is 58.6 Å². The Morgan fingerprint density at radius 2 is 1.97 bits per heavy atom. The lowest BCUT2D eigenvalue weighted by atomic mass is 9.94. The smallest absolute Gasteiger partial charge is 0.243 e. The highest BCUT2D eigenvalue weighted by atomic mass is 16.5. The van der Waals surface area contributed by atoms with Crippen LogP contribution in [0.2, 0.25) is 0 Å². The van der Waals surface area contributed by atoms with E-state index in [1.165, 1.54) is 17.2 Å². The summed E-state index contributed by atoms with van der Waals surface area (Å²) in [5.41, 5.74) is 4.63. The van der Waals surface area contributed by atoms with Crippen molar-refractivity contribution in [2.24, 2.45) is 0 Å². The van der Waals surface area contributed by atoms with Crippen molar-refractivity contribution in [2.45, 2.75) is 31.4 Å². The van der Waals surface area contributed by atoms with Crippen molar-refractivity contribution in [2.75, 3.05) is 19.7 Å². The first kappa shape index (κ1) is 19.4. The maximum absolute atomic E-state index is 13.0. The number of ether oxygens (including phenoxy) is 1. The molecule has 2 aliphatic rings. The zero-order chi connectivity index (χ0) is 20.2. The van der Waals surface area contributed by atoms with Gasteiger partial charge < -0.3 is 15.0 Å². The molecule has 0 unspecified atom stereocenters. The monoisotopic (exact) mass is 390 g/mol. The van der Waals surface area contributed by atoms with Crippen molar-refractivity contribution in [3.63, 3.8) is 0 Å². The zero-order valence-corrected chi connectivity index (χ0v) is 16.5. The fourth-order valence-corrected chi connectivity index (χ4v) is 4.25. The second kappa shape index (κ2) is 8.62. The molecule has 5 heteroatoms. The molecule has 0 radical (unpaired) electrons. The van der Waals surface area contributed by atoms with Gasteiger partial charge in [-0.1, -0.05) is 55.1 Å². The van der Waals surface area contributed by atoms with Gasteiger partial charge in [0.15, 0.2) is 0 Å². The van der Waals surface area contributed by atoms with Gasteiger partial charge in [0.2, 0.25) is 11.8 Å². The van der Waals surface area contributed by atoms with Crippen molar-refractivity contribution in [3.05, 3.63) is 83.4 Å². The fraction of sp³-hybridized carbons (Fsp3) is 0.333. The molecule has 0 saturated carbocycles. The Kier molecular flexibility index (Phi) is 5.76. The molecule has 2 aromatic carbocycles. The summed E-state index contributed by atoms with van der Waals surface area (Å²) in [6.45, 7) is 6.02. The van der Waals surface area contributed by atoms with Crippen molar-refractivity contribution in [1.29, 1.82) is 0 Å². The SMILES string of the molecule is C=CC(=O)N[C@@H]1CN(C(=O)Cc2ccc3c(c2)COCC3)C[C@H]1c1ccccc1. The van der Waals surface area contributed by atoms with E-state index in [0.29, 0.717) is 26.1 Å². The summed E-state index contributed by atoms with van der Waals surface area (Å²) >= 11 is 0. The van der Waals surface area contributed by atoms with Gasteiger partial charge in [-0.3, -0.25) is 9.59 Å². The predicted molar refractivity (Wildman–Crippen MR) is 111 cm³/mol. The first-order chi connectivity index (χ1) is 14.1. The van der Waals surface area contributed by atoms with E-state index in [9.17, 15) is 9.59 Å². The first-order valence-electron chi connectivity index (χ1n) is 10.1. The predicted octanol–water partition coefficient (Wildman–Crippen LogP) is 2.60. The number of nitrogens with one attached hydrogen (secondary N) is 1. The van der Waals surface area contributed by atoms with Crippen LogP contribution in [0.5, 0.6) is 0 Å². The Morgan fingerprint density at radius 1 is 1.14 bits per heavy atom. The third-order valence-electron chi connectivity index (χ3n) is 5.81. The van der Waals surface area contributed by atoms with Gasteiger partial charge in [0, 0.05) is 19.0 Å². The number of carbonyl (C=O) groups is 2. The largest absolute Gasteiger partial charge is 0.376 e. The normalized spacial score (nSPS) is 20.8. The molecular weight excluding hydrogens is 364 g/mol. The van der Waals surface area contributed by atoms with E-state index in [1.807, 2.05) is 29.2 Å². The highest BCUT2D eigenvalue weighted by Crippen LogP contribution is 2.28. The molecule has 29 heavy (non-hydrogen) atoms. The van der Waals surface area contributed by atoms with Crippen LogP contribution in [-0.2, 0) is 33.8 Å². The number of nitrogens with zero attached hydrogens (tertiary/aromatic N) is 1. The Labute approximate surface area is 171 Å². The van der Waals surface area contributed by atoms with Crippen LogP contribution in [-0.4, -0.2) is 42.5 Å². The summed E-state index contributed by atoms with van der Waals surface area (Å²) in [5.74, 6) is -0.0566. The van der Waals surface area contributed by atoms with Crippen LogP contribution < -0.4 is 5.32 Å². The molecule has 2 amide bonds. The van der Waals surface area contributed by atoms with E-state index >= 15 is 0 Å². The van der Waals surface area contributed by atoms with Crippen LogP contribution in [0.25, 0.3) is 0 Å². The highest BCUT2D eigenvalue weighted by molar-refractivity contribution is 5.87. The minimum absolute atomic E-state index is 0.0704. The molecule has 1 N–H and O–H groups in total. The van der Waals surface area contributed by atoms with Gasteiger partial charge in [0.1, 0.15) is 0 Å². The summed E-state index contributed by atoms with van der Waals surface area (Å²) in [6, 6.07) is 16.2. The number of fused-ring (bicyclic) bond motifs is 1. The summed E-state index contributed by atoms with van der Waals surface area (Å²) in [7, 11) is 0. The lowest BCUT2D eigenvalue weighted by molar-refractivity contribution is -0.129. The molecule has 5 nitrogen and oxygen atoms in total. The average molecular weight is 390 g/mol. The standard InChI is InChI=1S/C24H26N2O3/c1-2-23(27)25-22-15-26(14-21(22)19-6-4-3-5-7-19)24(28)13-17-8-9-18-10-11-29-16-20(18)12-17/h2-9,12,21-22H,1,10-11,13-16H2,(H,25,27)/t21-,22+/m0/s1. The van der Waals surface area contributed by atoms with E-state index in [0.717, 1.165) is 24.2 Å². The molecule has 2 aromatic rings. The van der Waals surface area contributed by atoms with Crippen LogP contribution in [0.15, 0.2) is 61.2 Å². The van der Waals surface area contributed by atoms with Gasteiger partial charge in [-0.15, -0.1) is 0 Å². The number of carbonyl (C=O) groups excluding carboxylic acids is 2. The quantitative estimate of drug-likeness (QED) is 0.799. The molecule has 0 aliphatic carbocycles. The molecule has 2 aliphatic heterocycles. The number of rotatable bonds is 5. The lowest BCUT2D eigenvalue weighted by Crippen LogP contribution is -2.39. The van der Waals surface area contributed by atoms with Crippen LogP contribution in [0, 0.1) is 0 Å². The summed E-state index contributed by atoms with van der Waals surface area (Å²) in [5, 5.41) is 3.00. The maximum Gasteiger partial charge on any atom is 0.243 e. The van der Waals surface area contributed by atoms with Gasteiger partial charge in [0.25, 0.3) is 0 Å². The Morgan fingerprint density at radius 3 is 2.76 bits per heavy atom. The van der Waals surface area contributed by atoms with Gasteiger partial charge in [0.05, 0.1) is 25.7 Å². The van der Waals surface area contributed by atoms with Crippen LogP contribution in [0.4, 0.5) is 0 Å². The maximum atomic E-state index is 13.0. The zero-order valence-electron chi connectivity index (χ0n) is 16.5. The molecule has 0 bridgehead atoms. The van der Waals surface area contributed by atoms with Gasteiger partial charge in [-0.05, 0) is 34.8 Å². The first-order valence-corrected chi connectivity index (χ1v) is 10.1. The second-order valence-electron chi connectivity index (χ2n) is 7.72. The van der Waals surface area contributed by atoms with Crippen molar-refractivity contribution in [1.82, 2.24) is 10.2 Å². The molecule has 150 valence electrons. The number of hydrogen-bond acceptors (Lipinski definition) is 3. The van der Waals surface area contributed by atoms with E-state index in [-0.39, 0.29) is 23.8 Å².